The highest BCUT2D eigenvalue weighted by atomic mass is 32.1. The molecular weight excluding hydrogens is 200 g/mol. The summed E-state index contributed by atoms with van der Waals surface area (Å²) >= 11 is 1.34. The molecule has 1 aliphatic carbocycles. The summed E-state index contributed by atoms with van der Waals surface area (Å²) in [7, 11) is 0. The molecule has 14 heavy (non-hydrogen) atoms. The van der Waals surface area contributed by atoms with Crippen LogP contribution in [0.2, 0.25) is 0 Å². The van der Waals surface area contributed by atoms with Crippen molar-refractivity contribution in [3.63, 3.8) is 0 Å². The summed E-state index contributed by atoms with van der Waals surface area (Å²) in [6.07, 6.45) is 4.52. The molecule has 74 valence electrons. The summed E-state index contributed by atoms with van der Waals surface area (Å²) < 4.78 is 0. The average Bonchev–Trinajstić information content (AvgIpc) is 2.55. The SMILES string of the molecule is O=Cc1sc2c(c1C(=O)O)CCCC2. The smallest absolute Gasteiger partial charge is 0.337 e. The van der Waals surface area contributed by atoms with E-state index in [1.54, 1.807) is 0 Å². The van der Waals surface area contributed by atoms with Crippen LogP contribution in [0, 0.1) is 0 Å². The lowest BCUT2D eigenvalue weighted by Crippen LogP contribution is -2.06. The summed E-state index contributed by atoms with van der Waals surface area (Å²) in [5, 5.41) is 8.99. The van der Waals surface area contributed by atoms with Gasteiger partial charge in [-0.2, -0.15) is 0 Å². The molecule has 0 amide bonds. The van der Waals surface area contributed by atoms with Crippen molar-refractivity contribution < 1.29 is 14.7 Å². The van der Waals surface area contributed by atoms with Crippen LogP contribution in [0.3, 0.4) is 0 Å². The standard InChI is InChI=1S/C10H10O3S/c11-5-8-9(10(12)13)6-3-1-2-4-7(6)14-8/h5H,1-4H2,(H,12,13). The van der Waals surface area contributed by atoms with E-state index in [0.29, 0.717) is 11.2 Å². The number of rotatable bonds is 2. The number of thiophene rings is 1. The van der Waals surface area contributed by atoms with Gasteiger partial charge < -0.3 is 5.11 Å². The third-order valence-corrected chi connectivity index (χ3v) is 3.74. The normalized spacial score (nSPS) is 14.9. The van der Waals surface area contributed by atoms with E-state index in [-0.39, 0.29) is 5.56 Å². The fourth-order valence-electron chi connectivity index (χ4n) is 1.90. The van der Waals surface area contributed by atoms with Crippen LogP contribution < -0.4 is 0 Å². The Labute approximate surface area is 85.4 Å². The van der Waals surface area contributed by atoms with Crippen molar-refractivity contribution >= 4 is 23.6 Å². The Morgan fingerprint density at radius 2 is 2.07 bits per heavy atom. The molecule has 1 N–H and O–H groups in total. The Bertz CT molecular complexity index is 392. The predicted octanol–water partition coefficient (Wildman–Crippen LogP) is 2.14. The maximum Gasteiger partial charge on any atom is 0.337 e. The van der Waals surface area contributed by atoms with Gasteiger partial charge in [-0.15, -0.1) is 11.3 Å². The first-order chi connectivity index (χ1) is 6.74. The van der Waals surface area contributed by atoms with E-state index < -0.39 is 5.97 Å². The number of hydrogen-bond donors (Lipinski definition) is 1. The second kappa shape index (κ2) is 3.53. The summed E-state index contributed by atoms with van der Waals surface area (Å²) in [5.41, 5.74) is 1.15. The van der Waals surface area contributed by atoms with E-state index in [9.17, 15) is 9.59 Å². The van der Waals surface area contributed by atoms with Crippen molar-refractivity contribution in [3.05, 3.63) is 20.9 Å². The summed E-state index contributed by atoms with van der Waals surface area (Å²) in [6.45, 7) is 0. The van der Waals surface area contributed by atoms with Gasteiger partial charge in [0.1, 0.15) is 0 Å². The van der Waals surface area contributed by atoms with Gasteiger partial charge in [0.15, 0.2) is 6.29 Å². The van der Waals surface area contributed by atoms with Gasteiger partial charge in [0.2, 0.25) is 0 Å². The van der Waals surface area contributed by atoms with Crippen molar-refractivity contribution in [2.75, 3.05) is 0 Å². The van der Waals surface area contributed by atoms with E-state index in [1.807, 2.05) is 0 Å². The Morgan fingerprint density at radius 3 is 2.71 bits per heavy atom. The van der Waals surface area contributed by atoms with Gasteiger partial charge in [-0.3, -0.25) is 4.79 Å². The van der Waals surface area contributed by atoms with Gasteiger partial charge in [0.05, 0.1) is 10.4 Å². The monoisotopic (exact) mass is 210 g/mol. The summed E-state index contributed by atoms with van der Waals surface area (Å²) in [6, 6.07) is 0. The summed E-state index contributed by atoms with van der Waals surface area (Å²) in [5.74, 6) is -0.966. The number of fused-ring (bicyclic) bond motifs is 1. The predicted molar refractivity (Wildman–Crippen MR) is 53.3 cm³/mol. The number of carbonyl (C=O) groups excluding carboxylic acids is 1. The van der Waals surface area contributed by atoms with Crippen molar-refractivity contribution in [2.45, 2.75) is 25.7 Å². The molecule has 0 radical (unpaired) electrons. The zero-order valence-electron chi connectivity index (χ0n) is 7.58. The first kappa shape index (κ1) is 9.40. The van der Waals surface area contributed by atoms with Crippen LogP contribution in [0.4, 0.5) is 0 Å². The van der Waals surface area contributed by atoms with E-state index in [2.05, 4.69) is 0 Å². The maximum absolute atomic E-state index is 11.0. The first-order valence-electron chi connectivity index (χ1n) is 4.57. The average molecular weight is 210 g/mol. The molecule has 4 heteroatoms. The van der Waals surface area contributed by atoms with Gasteiger partial charge in [-0.25, -0.2) is 4.79 Å². The third kappa shape index (κ3) is 1.35. The first-order valence-corrected chi connectivity index (χ1v) is 5.38. The largest absolute Gasteiger partial charge is 0.478 e. The molecule has 2 rings (SSSR count). The Morgan fingerprint density at radius 1 is 1.36 bits per heavy atom. The minimum absolute atomic E-state index is 0.250. The number of aromatic carboxylic acids is 1. The fourth-order valence-corrected chi connectivity index (χ4v) is 3.10. The van der Waals surface area contributed by atoms with Gasteiger partial charge in [0.25, 0.3) is 0 Å². The van der Waals surface area contributed by atoms with Gasteiger partial charge >= 0.3 is 5.97 Å². The Kier molecular flexibility index (Phi) is 2.37. The van der Waals surface area contributed by atoms with Crippen molar-refractivity contribution in [1.82, 2.24) is 0 Å². The molecule has 0 saturated carbocycles. The molecule has 0 unspecified atom stereocenters. The highest BCUT2D eigenvalue weighted by Gasteiger charge is 2.24. The van der Waals surface area contributed by atoms with E-state index in [1.165, 1.54) is 11.3 Å². The highest BCUT2D eigenvalue weighted by molar-refractivity contribution is 7.14. The lowest BCUT2D eigenvalue weighted by Gasteiger charge is -2.10. The molecular formula is C10H10O3S. The molecule has 0 fully saturated rings. The minimum atomic E-state index is -0.966. The molecule has 0 aliphatic heterocycles. The summed E-state index contributed by atoms with van der Waals surface area (Å²) in [4.78, 5) is 23.1. The molecule has 0 bridgehead atoms. The van der Waals surface area contributed by atoms with Crippen LogP contribution in [0.15, 0.2) is 0 Å². The zero-order chi connectivity index (χ0) is 10.1. The van der Waals surface area contributed by atoms with Crippen molar-refractivity contribution in [2.24, 2.45) is 0 Å². The maximum atomic E-state index is 11.0. The molecule has 0 atom stereocenters. The molecule has 0 aromatic carbocycles. The van der Waals surface area contributed by atoms with Gasteiger partial charge in [-0.05, 0) is 31.2 Å². The molecule has 1 aromatic heterocycles. The second-order valence-corrected chi connectivity index (χ2v) is 4.51. The zero-order valence-corrected chi connectivity index (χ0v) is 8.39. The van der Waals surface area contributed by atoms with E-state index in [0.717, 1.165) is 36.1 Å². The highest BCUT2D eigenvalue weighted by Crippen LogP contribution is 2.33. The van der Waals surface area contributed by atoms with Gasteiger partial charge in [0, 0.05) is 4.88 Å². The topological polar surface area (TPSA) is 54.4 Å². The van der Waals surface area contributed by atoms with Crippen LogP contribution in [0.1, 0.15) is 43.3 Å². The number of hydrogen-bond acceptors (Lipinski definition) is 3. The van der Waals surface area contributed by atoms with E-state index >= 15 is 0 Å². The number of aryl methyl sites for hydroxylation is 1. The van der Waals surface area contributed by atoms with Crippen LogP contribution in [0.25, 0.3) is 0 Å². The Hall–Kier alpha value is -1.16. The number of aldehydes is 1. The van der Waals surface area contributed by atoms with Crippen LogP contribution in [-0.4, -0.2) is 17.4 Å². The van der Waals surface area contributed by atoms with Crippen LogP contribution >= 0.6 is 11.3 Å². The number of carbonyl (C=O) groups is 2. The number of carboxylic acids is 1. The molecule has 0 spiro atoms. The van der Waals surface area contributed by atoms with E-state index in [4.69, 9.17) is 5.11 Å². The molecule has 3 nitrogen and oxygen atoms in total. The number of carboxylic acid groups (broad SMARTS) is 1. The molecule has 1 heterocycles. The molecule has 0 saturated heterocycles. The van der Waals surface area contributed by atoms with Crippen molar-refractivity contribution in [3.8, 4) is 0 Å². The molecule has 1 aromatic rings. The fraction of sp³-hybridized carbons (Fsp3) is 0.400. The minimum Gasteiger partial charge on any atom is -0.478 e. The van der Waals surface area contributed by atoms with Crippen LogP contribution in [-0.2, 0) is 12.8 Å². The Balaban J connectivity index is 2.58. The van der Waals surface area contributed by atoms with Gasteiger partial charge in [-0.1, -0.05) is 0 Å². The lowest BCUT2D eigenvalue weighted by molar-refractivity contribution is 0.0693. The quantitative estimate of drug-likeness (QED) is 0.761. The lowest BCUT2D eigenvalue weighted by atomic mass is 9.95. The molecule has 1 aliphatic rings. The third-order valence-electron chi connectivity index (χ3n) is 2.52. The van der Waals surface area contributed by atoms with Crippen molar-refractivity contribution in [1.29, 1.82) is 0 Å². The second-order valence-electron chi connectivity index (χ2n) is 3.37. The van der Waals surface area contributed by atoms with Crippen LogP contribution in [0.5, 0.6) is 0 Å².